The number of imidazole rings is 1. The number of benzene rings is 8. The molecule has 0 radical (unpaired) electrons. The van der Waals surface area contributed by atoms with Crippen molar-refractivity contribution in [2.75, 3.05) is 0 Å². The number of fused-ring (bicyclic) bond motifs is 1. The molecule has 2 heterocycles. The molecule has 4 nitrogen and oxygen atoms in total. The molecule has 0 fully saturated rings. The molecule has 0 saturated heterocycles. The minimum Gasteiger partial charge on any atom is -0.507 e. The Morgan fingerprint density at radius 3 is 1.58 bits per heavy atom. The summed E-state index contributed by atoms with van der Waals surface area (Å²) in [6.45, 7) is 23.5. The Morgan fingerprint density at radius 1 is 0.461 bits per heavy atom. The number of phenolic OH excluding ortho intramolecular Hbond substituents is 1. The molecule has 0 unspecified atom stereocenters. The first-order valence-electron chi connectivity index (χ1n) is 27.7. The van der Waals surface area contributed by atoms with Crippen LogP contribution < -0.4 is 0 Å². The van der Waals surface area contributed by atoms with Gasteiger partial charge in [-0.3, -0.25) is 9.55 Å². The zero-order chi connectivity index (χ0) is 55.7. The fraction of sp³-hybridized carbons (Fsp3) is 0.239. The molecule has 0 saturated carbocycles. The summed E-state index contributed by atoms with van der Waals surface area (Å²) in [4.78, 5) is 10.6. The van der Waals surface area contributed by atoms with Gasteiger partial charge in [0.05, 0.1) is 22.3 Å². The molecule has 0 amide bonds. The largest absolute Gasteiger partial charge is 0.507 e. The van der Waals surface area contributed by atoms with Crippen LogP contribution in [0.4, 0.5) is 0 Å². The summed E-state index contributed by atoms with van der Waals surface area (Å²) in [7, 11) is 0. The van der Waals surface area contributed by atoms with Gasteiger partial charge in [0, 0.05) is 42.6 Å². The molecule has 2 aromatic heterocycles. The van der Waals surface area contributed by atoms with E-state index in [1.807, 2.05) is 77.5 Å². The Kier molecular flexibility index (Phi) is 13.4. The van der Waals surface area contributed by atoms with E-state index in [1.165, 1.54) is 16.7 Å². The van der Waals surface area contributed by atoms with Crippen LogP contribution in [0.3, 0.4) is 0 Å². The van der Waals surface area contributed by atoms with E-state index in [-0.39, 0.29) is 48.6 Å². The van der Waals surface area contributed by atoms with Gasteiger partial charge >= 0.3 is 0 Å². The number of hydrogen-bond acceptors (Lipinski definition) is 3. The summed E-state index contributed by atoms with van der Waals surface area (Å²) in [5.41, 5.74) is 16.9. The average molecular weight is 1180 g/mol. The third kappa shape index (κ3) is 10.8. The molecule has 386 valence electrons. The van der Waals surface area contributed by atoms with Crippen LogP contribution in [0.25, 0.3) is 95.0 Å². The standard InChI is InChI=1S/C71H70N3O.Pt/c1-45-35-50(53-39-56(68(2,3)4)42-57(40-53)69(5,6)7)31-32-63(45)74-64-26-20-25-59(65(64)73-67(74)60-43-58(70(8,9)10)44-61(66(60)75)71(11,12)13)54-36-52(47-23-18-15-19-24-47)37-55(38-54)62-41-51(33-34-72-62)49-29-27-48(28-30-49)46-21-16-14-17-22-46;/h14-37,39-44,75H,1-13H3;/q-1;/i1D3;. The summed E-state index contributed by atoms with van der Waals surface area (Å²) < 4.78 is 29.7. The number of phenols is 1. The van der Waals surface area contributed by atoms with E-state index in [1.54, 1.807) is 0 Å². The SMILES string of the molecule is [2H]C([2H])([2H])c1cc(-c2cc(C(C)(C)C)cc(C(C)(C)C)c2)ccc1-n1c(-c2cc(C(C)(C)C)cc(C(C)(C)C)c2O)nc2c(-c3[c-]c(-c4cc(-c5ccc(-c6ccccc6)cc5)ccn4)cc(-c4ccccc4)c3)cccc21.[Pt]. The predicted octanol–water partition coefficient (Wildman–Crippen LogP) is 19.1. The van der Waals surface area contributed by atoms with Crippen LogP contribution in [0.15, 0.2) is 182 Å². The van der Waals surface area contributed by atoms with Gasteiger partial charge in [0.25, 0.3) is 0 Å². The summed E-state index contributed by atoms with van der Waals surface area (Å²) in [6, 6.07) is 64.3. The Bertz CT molecular complexity index is 3840. The number of para-hydroxylation sites is 1. The second kappa shape index (κ2) is 20.4. The monoisotopic (exact) mass is 1180 g/mol. The molecule has 5 heteroatoms. The molecule has 1 N–H and O–H groups in total. The van der Waals surface area contributed by atoms with Crippen LogP contribution in [0.1, 0.15) is 115 Å². The maximum Gasteiger partial charge on any atom is 0.148 e. The van der Waals surface area contributed by atoms with Crippen LogP contribution in [0, 0.1) is 12.9 Å². The molecular formula is C71H70N3OPt-. The van der Waals surface area contributed by atoms with Gasteiger partial charge in [-0.15, -0.1) is 23.8 Å². The van der Waals surface area contributed by atoms with E-state index in [4.69, 9.17) is 9.97 Å². The molecule has 10 aromatic rings. The summed E-state index contributed by atoms with van der Waals surface area (Å²) in [5.74, 6) is 0.539. The van der Waals surface area contributed by atoms with E-state index in [9.17, 15) is 9.22 Å². The zero-order valence-electron chi connectivity index (χ0n) is 48.9. The summed E-state index contributed by atoms with van der Waals surface area (Å²) >= 11 is 0. The van der Waals surface area contributed by atoms with Crippen LogP contribution in [0.2, 0.25) is 0 Å². The normalized spacial score (nSPS) is 13.0. The van der Waals surface area contributed by atoms with Crippen molar-refractivity contribution < 1.29 is 30.3 Å². The van der Waals surface area contributed by atoms with E-state index >= 15 is 0 Å². The van der Waals surface area contributed by atoms with Crippen LogP contribution in [-0.2, 0) is 42.7 Å². The molecular weight excluding hydrogens is 1110 g/mol. The third-order valence-corrected chi connectivity index (χ3v) is 14.6. The first kappa shape index (κ1) is 49.7. The van der Waals surface area contributed by atoms with Gasteiger partial charge in [-0.1, -0.05) is 233 Å². The fourth-order valence-electron chi connectivity index (χ4n) is 10.0. The van der Waals surface area contributed by atoms with Gasteiger partial charge in [0.15, 0.2) is 0 Å². The van der Waals surface area contributed by atoms with Crippen molar-refractivity contribution in [3.8, 4) is 89.7 Å². The molecule has 0 aliphatic carbocycles. The molecule has 0 bridgehead atoms. The van der Waals surface area contributed by atoms with E-state index in [2.05, 4.69) is 198 Å². The summed E-state index contributed by atoms with van der Waals surface area (Å²) in [5, 5.41) is 12.7. The third-order valence-electron chi connectivity index (χ3n) is 14.6. The smallest absolute Gasteiger partial charge is 0.148 e. The van der Waals surface area contributed by atoms with Crippen molar-refractivity contribution in [3.05, 3.63) is 216 Å². The predicted molar refractivity (Wildman–Crippen MR) is 317 cm³/mol. The molecule has 0 aliphatic heterocycles. The first-order valence-corrected chi connectivity index (χ1v) is 26.2. The van der Waals surface area contributed by atoms with Gasteiger partial charge in [-0.05, 0) is 120 Å². The summed E-state index contributed by atoms with van der Waals surface area (Å²) in [6.07, 6.45) is 1.86. The molecule has 76 heavy (non-hydrogen) atoms. The Hall–Kier alpha value is -7.13. The second-order valence-electron chi connectivity index (χ2n) is 24.3. The average Bonchev–Trinajstić information content (AvgIpc) is 3.93. The van der Waals surface area contributed by atoms with Gasteiger partial charge in [0.1, 0.15) is 11.6 Å². The second-order valence-corrected chi connectivity index (χ2v) is 24.3. The van der Waals surface area contributed by atoms with Gasteiger partial charge < -0.3 is 5.11 Å². The van der Waals surface area contributed by atoms with Gasteiger partial charge in [-0.2, -0.15) is 0 Å². The molecule has 0 aliphatic rings. The van der Waals surface area contributed by atoms with Gasteiger partial charge in [0.2, 0.25) is 0 Å². The molecule has 0 atom stereocenters. The Balaban J connectivity index is 0.00000757. The van der Waals surface area contributed by atoms with Crippen molar-refractivity contribution in [1.29, 1.82) is 0 Å². The number of hydrogen-bond donors (Lipinski definition) is 1. The Morgan fingerprint density at radius 2 is 0.987 bits per heavy atom. The van der Waals surface area contributed by atoms with Crippen molar-refractivity contribution in [1.82, 2.24) is 14.5 Å². The first-order chi connectivity index (χ1) is 36.7. The number of pyridine rings is 1. The minimum atomic E-state index is -2.55. The van der Waals surface area contributed by atoms with Crippen molar-refractivity contribution in [2.24, 2.45) is 0 Å². The van der Waals surface area contributed by atoms with E-state index in [0.717, 1.165) is 72.5 Å². The van der Waals surface area contributed by atoms with Gasteiger partial charge in [-0.25, -0.2) is 4.98 Å². The number of aromatic hydroxyl groups is 1. The maximum absolute atomic E-state index is 12.7. The molecule has 0 spiro atoms. The minimum absolute atomic E-state index is 0. The zero-order valence-corrected chi connectivity index (χ0v) is 48.2. The quantitative estimate of drug-likeness (QED) is 0.154. The van der Waals surface area contributed by atoms with Crippen LogP contribution in [-0.4, -0.2) is 19.6 Å². The number of nitrogens with zero attached hydrogens (tertiary/aromatic N) is 3. The number of rotatable bonds is 8. The molecule has 8 aromatic carbocycles. The van der Waals surface area contributed by atoms with Crippen molar-refractivity contribution in [2.45, 2.75) is 112 Å². The van der Waals surface area contributed by atoms with Crippen LogP contribution in [0.5, 0.6) is 5.75 Å². The van der Waals surface area contributed by atoms with E-state index in [0.29, 0.717) is 28.1 Å². The number of aromatic nitrogens is 3. The van der Waals surface area contributed by atoms with Crippen molar-refractivity contribution in [3.63, 3.8) is 0 Å². The topological polar surface area (TPSA) is 50.9 Å². The fourth-order valence-corrected chi connectivity index (χ4v) is 10.0. The maximum atomic E-state index is 12.7. The van der Waals surface area contributed by atoms with Crippen LogP contribution >= 0.6 is 0 Å². The number of aryl methyl sites for hydroxylation is 1. The van der Waals surface area contributed by atoms with Crippen molar-refractivity contribution >= 4 is 11.0 Å². The van der Waals surface area contributed by atoms with E-state index < -0.39 is 12.3 Å². The Labute approximate surface area is 470 Å². The molecule has 10 rings (SSSR count).